The van der Waals surface area contributed by atoms with Crippen LogP contribution in [0, 0.1) is 0 Å². The summed E-state index contributed by atoms with van der Waals surface area (Å²) in [5, 5.41) is 7.53. The highest BCUT2D eigenvalue weighted by molar-refractivity contribution is 5.70. The predicted octanol–water partition coefficient (Wildman–Crippen LogP) is 0.868. The standard InChI is InChI=1S/C11H9N3O3/c15-6-9-5-14(13-12-9)4-8-1-2-10-11(3-8)17-7-16-10/h1-3,5-6H,4,7H2. The summed E-state index contributed by atoms with van der Waals surface area (Å²) in [6, 6.07) is 5.68. The van der Waals surface area contributed by atoms with Gasteiger partial charge in [-0.05, 0) is 17.7 Å². The zero-order valence-electron chi connectivity index (χ0n) is 8.87. The number of aldehydes is 1. The van der Waals surface area contributed by atoms with Gasteiger partial charge in [0.05, 0.1) is 12.7 Å². The molecule has 6 nitrogen and oxygen atoms in total. The van der Waals surface area contributed by atoms with E-state index < -0.39 is 0 Å². The topological polar surface area (TPSA) is 66.2 Å². The number of fused-ring (bicyclic) bond motifs is 1. The maximum Gasteiger partial charge on any atom is 0.231 e. The second-order valence-electron chi connectivity index (χ2n) is 3.65. The van der Waals surface area contributed by atoms with Crippen LogP contribution in [0.25, 0.3) is 0 Å². The Morgan fingerprint density at radius 1 is 1.35 bits per heavy atom. The lowest BCUT2D eigenvalue weighted by atomic mass is 10.2. The Kier molecular flexibility index (Phi) is 2.25. The van der Waals surface area contributed by atoms with E-state index in [-0.39, 0.29) is 6.79 Å². The molecule has 86 valence electrons. The van der Waals surface area contributed by atoms with Crippen molar-refractivity contribution < 1.29 is 14.3 Å². The van der Waals surface area contributed by atoms with Crippen LogP contribution in [0.4, 0.5) is 0 Å². The van der Waals surface area contributed by atoms with Gasteiger partial charge in [-0.25, -0.2) is 4.68 Å². The van der Waals surface area contributed by atoms with Crippen LogP contribution in [-0.4, -0.2) is 28.1 Å². The molecule has 1 aliphatic heterocycles. The van der Waals surface area contributed by atoms with Crippen molar-refractivity contribution in [2.24, 2.45) is 0 Å². The van der Waals surface area contributed by atoms with E-state index >= 15 is 0 Å². The number of carbonyl (C=O) groups excluding carboxylic acids is 1. The van der Waals surface area contributed by atoms with E-state index in [4.69, 9.17) is 9.47 Å². The van der Waals surface area contributed by atoms with Gasteiger partial charge in [0.2, 0.25) is 6.79 Å². The molecule has 1 aromatic heterocycles. The maximum atomic E-state index is 10.5. The van der Waals surface area contributed by atoms with E-state index in [2.05, 4.69) is 10.3 Å². The molecule has 0 bridgehead atoms. The Hall–Kier alpha value is -2.37. The van der Waals surface area contributed by atoms with E-state index in [1.165, 1.54) is 0 Å². The van der Waals surface area contributed by atoms with Crippen LogP contribution in [0.1, 0.15) is 16.1 Å². The average molecular weight is 231 g/mol. The minimum absolute atomic E-state index is 0.261. The van der Waals surface area contributed by atoms with Gasteiger partial charge < -0.3 is 9.47 Å². The Bertz CT molecular complexity index is 565. The second-order valence-corrected chi connectivity index (χ2v) is 3.65. The number of benzene rings is 1. The summed E-state index contributed by atoms with van der Waals surface area (Å²) in [5.74, 6) is 1.49. The first-order chi connectivity index (χ1) is 8.35. The number of ether oxygens (including phenoxy) is 2. The molecule has 17 heavy (non-hydrogen) atoms. The molecule has 0 saturated heterocycles. The zero-order chi connectivity index (χ0) is 11.7. The first-order valence-corrected chi connectivity index (χ1v) is 5.09. The van der Waals surface area contributed by atoms with Crippen LogP contribution in [-0.2, 0) is 6.54 Å². The van der Waals surface area contributed by atoms with Crippen LogP contribution in [0.5, 0.6) is 11.5 Å². The van der Waals surface area contributed by atoms with Gasteiger partial charge in [-0.1, -0.05) is 11.3 Å². The molecule has 0 N–H and O–H groups in total. The van der Waals surface area contributed by atoms with E-state index in [1.54, 1.807) is 10.9 Å². The van der Waals surface area contributed by atoms with Gasteiger partial charge in [0, 0.05) is 0 Å². The quantitative estimate of drug-likeness (QED) is 0.733. The molecule has 0 amide bonds. The highest BCUT2D eigenvalue weighted by Crippen LogP contribution is 2.32. The summed E-state index contributed by atoms with van der Waals surface area (Å²) >= 11 is 0. The number of hydrogen-bond acceptors (Lipinski definition) is 5. The third-order valence-corrected chi connectivity index (χ3v) is 2.46. The molecule has 6 heteroatoms. The van der Waals surface area contributed by atoms with E-state index in [9.17, 15) is 4.79 Å². The summed E-state index contributed by atoms with van der Waals surface area (Å²) in [4.78, 5) is 10.5. The minimum Gasteiger partial charge on any atom is -0.454 e. The third-order valence-electron chi connectivity index (χ3n) is 2.46. The smallest absolute Gasteiger partial charge is 0.231 e. The van der Waals surface area contributed by atoms with Crippen LogP contribution < -0.4 is 9.47 Å². The normalized spacial score (nSPS) is 12.7. The van der Waals surface area contributed by atoms with Crippen molar-refractivity contribution in [1.82, 2.24) is 15.0 Å². The summed E-state index contributed by atoms with van der Waals surface area (Å²) < 4.78 is 12.1. The molecule has 0 saturated carbocycles. The van der Waals surface area contributed by atoms with E-state index in [0.29, 0.717) is 18.5 Å². The van der Waals surface area contributed by atoms with Gasteiger partial charge in [0.15, 0.2) is 17.8 Å². The van der Waals surface area contributed by atoms with Crippen molar-refractivity contribution in [2.75, 3.05) is 6.79 Å². The van der Waals surface area contributed by atoms with Crippen LogP contribution in [0.3, 0.4) is 0 Å². The molecule has 2 heterocycles. The van der Waals surface area contributed by atoms with Crippen LogP contribution in [0.15, 0.2) is 24.4 Å². The van der Waals surface area contributed by atoms with E-state index in [0.717, 1.165) is 17.1 Å². The number of nitrogens with zero attached hydrogens (tertiary/aromatic N) is 3. The molecule has 2 aromatic rings. The SMILES string of the molecule is O=Cc1cn(Cc2ccc3c(c2)OCO3)nn1. The lowest BCUT2D eigenvalue weighted by Gasteiger charge is -2.02. The number of aromatic nitrogens is 3. The summed E-state index contributed by atoms with van der Waals surface area (Å²) in [5.41, 5.74) is 1.34. The zero-order valence-corrected chi connectivity index (χ0v) is 8.87. The summed E-state index contributed by atoms with van der Waals surface area (Å²) in [6.45, 7) is 0.800. The fraction of sp³-hybridized carbons (Fsp3) is 0.182. The molecule has 0 radical (unpaired) electrons. The second kappa shape index (κ2) is 3.89. The number of rotatable bonds is 3. The van der Waals surface area contributed by atoms with Crippen molar-refractivity contribution in [2.45, 2.75) is 6.54 Å². The lowest BCUT2D eigenvalue weighted by molar-refractivity contribution is 0.111. The average Bonchev–Trinajstić information content (AvgIpc) is 2.96. The minimum atomic E-state index is 0.261. The Balaban J connectivity index is 1.83. The molecular weight excluding hydrogens is 222 g/mol. The predicted molar refractivity (Wildman–Crippen MR) is 57.1 cm³/mol. The molecule has 0 spiro atoms. The Labute approximate surface area is 96.8 Å². The highest BCUT2D eigenvalue weighted by Gasteiger charge is 2.13. The first kappa shape index (κ1) is 9.83. The maximum absolute atomic E-state index is 10.5. The summed E-state index contributed by atoms with van der Waals surface area (Å²) in [7, 11) is 0. The van der Waals surface area contributed by atoms with Gasteiger partial charge >= 0.3 is 0 Å². The van der Waals surface area contributed by atoms with Crippen molar-refractivity contribution in [3.8, 4) is 11.5 Å². The largest absolute Gasteiger partial charge is 0.454 e. The fourth-order valence-corrected chi connectivity index (χ4v) is 1.67. The fourth-order valence-electron chi connectivity index (χ4n) is 1.67. The number of carbonyl (C=O) groups is 1. The monoisotopic (exact) mass is 231 g/mol. The van der Waals surface area contributed by atoms with Crippen molar-refractivity contribution >= 4 is 6.29 Å². The van der Waals surface area contributed by atoms with Crippen molar-refractivity contribution in [3.63, 3.8) is 0 Å². The third kappa shape index (κ3) is 1.84. The molecule has 0 fully saturated rings. The van der Waals surface area contributed by atoms with Gasteiger partial charge in [-0.15, -0.1) is 5.10 Å². The van der Waals surface area contributed by atoms with Gasteiger partial charge in [0.25, 0.3) is 0 Å². The van der Waals surface area contributed by atoms with Gasteiger partial charge in [-0.2, -0.15) is 0 Å². The molecule has 0 atom stereocenters. The van der Waals surface area contributed by atoms with Crippen LogP contribution in [0.2, 0.25) is 0 Å². The van der Waals surface area contributed by atoms with Crippen molar-refractivity contribution in [3.05, 3.63) is 35.7 Å². The lowest BCUT2D eigenvalue weighted by Crippen LogP contribution is -2.00. The van der Waals surface area contributed by atoms with E-state index in [1.807, 2.05) is 18.2 Å². The Morgan fingerprint density at radius 3 is 3.06 bits per heavy atom. The highest BCUT2D eigenvalue weighted by atomic mass is 16.7. The van der Waals surface area contributed by atoms with Gasteiger partial charge in [-0.3, -0.25) is 4.79 Å². The molecule has 0 aliphatic carbocycles. The number of hydrogen-bond donors (Lipinski definition) is 0. The van der Waals surface area contributed by atoms with Gasteiger partial charge in [0.1, 0.15) is 5.69 Å². The van der Waals surface area contributed by atoms with Crippen LogP contribution >= 0.6 is 0 Å². The Morgan fingerprint density at radius 2 is 2.24 bits per heavy atom. The summed E-state index contributed by atoms with van der Waals surface area (Å²) in [6.07, 6.45) is 2.26. The molecule has 1 aliphatic rings. The molecule has 1 aromatic carbocycles. The molecular formula is C11H9N3O3. The molecule has 3 rings (SSSR count). The molecule has 0 unspecified atom stereocenters. The van der Waals surface area contributed by atoms with Crippen molar-refractivity contribution in [1.29, 1.82) is 0 Å². The first-order valence-electron chi connectivity index (χ1n) is 5.09.